The van der Waals surface area contributed by atoms with E-state index in [9.17, 15) is 4.79 Å². The molecule has 0 saturated heterocycles. The van der Waals surface area contributed by atoms with Crippen LogP contribution in [-0.2, 0) is 17.8 Å². The van der Waals surface area contributed by atoms with Crippen LogP contribution in [0.5, 0.6) is 0 Å². The van der Waals surface area contributed by atoms with Crippen molar-refractivity contribution < 1.29 is 4.79 Å². The molecule has 0 aliphatic heterocycles. The maximum atomic E-state index is 12.0. The molecule has 114 valence electrons. The molecule has 3 aromatic rings. The highest BCUT2D eigenvalue weighted by Gasteiger charge is 2.09. The van der Waals surface area contributed by atoms with Gasteiger partial charge in [0.15, 0.2) is 0 Å². The average Bonchev–Trinajstić information content (AvgIpc) is 3.20. The van der Waals surface area contributed by atoms with Gasteiger partial charge in [-0.25, -0.2) is 0 Å². The van der Waals surface area contributed by atoms with Gasteiger partial charge in [-0.3, -0.25) is 4.79 Å². The Bertz CT molecular complexity index is 832. The molecule has 0 aliphatic rings. The average molecular weight is 324 g/mol. The number of rotatable bonds is 5. The van der Waals surface area contributed by atoms with Gasteiger partial charge < -0.3 is 5.32 Å². The van der Waals surface area contributed by atoms with E-state index in [1.165, 1.54) is 4.80 Å². The Labute approximate surface area is 136 Å². The molecule has 0 radical (unpaired) electrons. The molecule has 1 N–H and O–H groups in total. The normalized spacial score (nSPS) is 10.2. The number of carbonyl (C=O) groups excluding carboxylic acids is 1. The summed E-state index contributed by atoms with van der Waals surface area (Å²) in [7, 11) is 0. The number of benzene rings is 1. The molecule has 1 amide bonds. The van der Waals surface area contributed by atoms with Crippen LogP contribution >= 0.6 is 11.3 Å². The minimum Gasteiger partial charge on any atom is -0.324 e. The number of nitrogens with one attached hydrogen (secondary N) is 1. The fraction of sp³-hybridized carbons (Fsp3) is 0.133. The van der Waals surface area contributed by atoms with Gasteiger partial charge in [0.1, 0.15) is 6.54 Å². The quantitative estimate of drug-likeness (QED) is 0.775. The van der Waals surface area contributed by atoms with Gasteiger partial charge in [-0.2, -0.15) is 21.4 Å². The predicted molar refractivity (Wildman–Crippen MR) is 85.5 cm³/mol. The van der Waals surface area contributed by atoms with Crippen molar-refractivity contribution in [2.45, 2.75) is 13.0 Å². The first-order chi connectivity index (χ1) is 11.2. The van der Waals surface area contributed by atoms with Crippen LogP contribution < -0.4 is 5.32 Å². The van der Waals surface area contributed by atoms with E-state index in [0.29, 0.717) is 17.9 Å². The van der Waals surface area contributed by atoms with E-state index in [2.05, 4.69) is 26.8 Å². The number of nitriles is 1. The second kappa shape index (κ2) is 6.81. The van der Waals surface area contributed by atoms with Crippen molar-refractivity contribution in [2.75, 3.05) is 5.32 Å². The van der Waals surface area contributed by atoms with Gasteiger partial charge in [0.2, 0.25) is 11.7 Å². The fourth-order valence-corrected chi connectivity index (χ4v) is 2.58. The van der Waals surface area contributed by atoms with Crippen LogP contribution in [0.15, 0.2) is 41.1 Å². The summed E-state index contributed by atoms with van der Waals surface area (Å²) < 4.78 is 0. The minimum absolute atomic E-state index is 0.0168. The Hall–Kier alpha value is -3.05. The highest BCUT2D eigenvalue weighted by atomic mass is 32.1. The molecular weight excluding hydrogens is 312 g/mol. The van der Waals surface area contributed by atoms with E-state index >= 15 is 0 Å². The zero-order valence-corrected chi connectivity index (χ0v) is 12.8. The SMILES string of the molecule is N#CCc1ccc(NC(=O)Cn2nnc(-c3ccsc3)n2)cc1. The van der Waals surface area contributed by atoms with Crippen molar-refractivity contribution >= 4 is 22.9 Å². The largest absolute Gasteiger partial charge is 0.324 e. The first-order valence-corrected chi connectivity index (χ1v) is 7.75. The Morgan fingerprint density at radius 2 is 2.13 bits per heavy atom. The van der Waals surface area contributed by atoms with Crippen LogP contribution in [0.1, 0.15) is 5.56 Å². The Morgan fingerprint density at radius 1 is 1.30 bits per heavy atom. The first-order valence-electron chi connectivity index (χ1n) is 6.81. The highest BCUT2D eigenvalue weighted by Crippen LogP contribution is 2.16. The number of aromatic nitrogens is 4. The molecule has 0 atom stereocenters. The molecule has 7 nitrogen and oxygen atoms in total. The molecule has 1 aromatic carbocycles. The highest BCUT2D eigenvalue weighted by molar-refractivity contribution is 7.08. The maximum Gasteiger partial charge on any atom is 0.248 e. The second-order valence-corrected chi connectivity index (χ2v) is 5.52. The molecule has 8 heteroatoms. The van der Waals surface area contributed by atoms with Gasteiger partial charge in [-0.15, -0.1) is 10.2 Å². The number of hydrogen-bond acceptors (Lipinski definition) is 6. The molecule has 0 unspecified atom stereocenters. The molecule has 0 saturated carbocycles. The number of carbonyl (C=O) groups is 1. The zero-order valence-electron chi connectivity index (χ0n) is 12.0. The Morgan fingerprint density at radius 3 is 2.83 bits per heavy atom. The zero-order chi connectivity index (χ0) is 16.1. The first kappa shape index (κ1) is 14.9. The summed E-state index contributed by atoms with van der Waals surface area (Å²) in [5.41, 5.74) is 2.45. The van der Waals surface area contributed by atoms with Crippen LogP contribution in [-0.4, -0.2) is 26.1 Å². The van der Waals surface area contributed by atoms with Crippen LogP contribution in [0.2, 0.25) is 0 Å². The third-order valence-corrected chi connectivity index (χ3v) is 3.72. The lowest BCUT2D eigenvalue weighted by Gasteiger charge is -2.04. The van der Waals surface area contributed by atoms with Gasteiger partial charge in [0, 0.05) is 16.6 Å². The number of nitrogens with zero attached hydrogens (tertiary/aromatic N) is 5. The summed E-state index contributed by atoms with van der Waals surface area (Å²) in [6, 6.07) is 11.1. The summed E-state index contributed by atoms with van der Waals surface area (Å²) in [5, 5.41) is 27.2. The summed E-state index contributed by atoms with van der Waals surface area (Å²) >= 11 is 1.55. The van der Waals surface area contributed by atoms with E-state index in [1.54, 1.807) is 35.6 Å². The summed E-state index contributed by atoms with van der Waals surface area (Å²) in [5.74, 6) is 0.257. The van der Waals surface area contributed by atoms with Crippen molar-refractivity contribution in [3.8, 4) is 17.5 Å². The molecule has 2 aromatic heterocycles. The predicted octanol–water partition coefficient (Wildman–Crippen LogP) is 2.11. The number of tetrazole rings is 1. The molecular formula is C15H12N6OS. The van der Waals surface area contributed by atoms with Crippen LogP contribution in [0.25, 0.3) is 11.4 Å². The third-order valence-electron chi connectivity index (χ3n) is 3.04. The number of anilines is 1. The molecule has 3 rings (SSSR count). The van der Waals surface area contributed by atoms with Crippen molar-refractivity contribution in [1.82, 2.24) is 20.2 Å². The van der Waals surface area contributed by atoms with Crippen LogP contribution in [0, 0.1) is 11.3 Å². The molecule has 0 spiro atoms. The smallest absolute Gasteiger partial charge is 0.248 e. The van der Waals surface area contributed by atoms with E-state index in [1.807, 2.05) is 16.8 Å². The summed E-state index contributed by atoms with van der Waals surface area (Å²) in [4.78, 5) is 13.3. The molecule has 0 bridgehead atoms. The number of hydrogen-bond donors (Lipinski definition) is 1. The van der Waals surface area contributed by atoms with Gasteiger partial charge in [0.05, 0.1) is 12.5 Å². The van der Waals surface area contributed by atoms with E-state index in [-0.39, 0.29) is 12.5 Å². The molecule has 0 fully saturated rings. The lowest BCUT2D eigenvalue weighted by atomic mass is 10.1. The van der Waals surface area contributed by atoms with Crippen LogP contribution in [0.3, 0.4) is 0 Å². The van der Waals surface area contributed by atoms with Gasteiger partial charge in [0.25, 0.3) is 0 Å². The van der Waals surface area contributed by atoms with Gasteiger partial charge in [-0.05, 0) is 34.4 Å². The number of amides is 1. The molecule has 23 heavy (non-hydrogen) atoms. The summed E-state index contributed by atoms with van der Waals surface area (Å²) in [6.45, 7) is -0.0168. The van der Waals surface area contributed by atoms with E-state index in [0.717, 1.165) is 11.1 Å². The van der Waals surface area contributed by atoms with Gasteiger partial charge >= 0.3 is 0 Å². The molecule has 0 aliphatic carbocycles. The van der Waals surface area contributed by atoms with Gasteiger partial charge in [-0.1, -0.05) is 12.1 Å². The fourth-order valence-electron chi connectivity index (χ4n) is 1.94. The monoisotopic (exact) mass is 324 g/mol. The van der Waals surface area contributed by atoms with Crippen LogP contribution in [0.4, 0.5) is 5.69 Å². The lowest BCUT2D eigenvalue weighted by molar-refractivity contribution is -0.117. The molecule has 2 heterocycles. The number of thiophene rings is 1. The van der Waals surface area contributed by atoms with Crippen molar-refractivity contribution in [3.63, 3.8) is 0 Å². The Kier molecular flexibility index (Phi) is 4.40. The van der Waals surface area contributed by atoms with Crippen molar-refractivity contribution in [3.05, 3.63) is 46.7 Å². The lowest BCUT2D eigenvalue weighted by Crippen LogP contribution is -2.20. The third kappa shape index (κ3) is 3.78. The Balaban J connectivity index is 1.60. The van der Waals surface area contributed by atoms with Crippen molar-refractivity contribution in [1.29, 1.82) is 5.26 Å². The topological polar surface area (TPSA) is 96.5 Å². The minimum atomic E-state index is -0.243. The maximum absolute atomic E-state index is 12.0. The summed E-state index contributed by atoms with van der Waals surface area (Å²) in [6.07, 6.45) is 0.350. The second-order valence-electron chi connectivity index (χ2n) is 4.74. The standard InChI is InChI=1S/C15H12N6OS/c16-7-5-11-1-3-13(4-2-11)17-14(22)9-21-19-15(18-20-21)12-6-8-23-10-12/h1-4,6,8,10H,5,9H2,(H,17,22). The van der Waals surface area contributed by atoms with Crippen molar-refractivity contribution in [2.24, 2.45) is 0 Å². The van der Waals surface area contributed by atoms with E-state index < -0.39 is 0 Å². The van der Waals surface area contributed by atoms with E-state index in [4.69, 9.17) is 5.26 Å².